The number of halogens is 2. The molecule has 1 saturated heterocycles. The lowest BCUT2D eigenvalue weighted by Crippen LogP contribution is -2.45. The Morgan fingerprint density at radius 3 is 2.42 bits per heavy atom. The summed E-state index contributed by atoms with van der Waals surface area (Å²) in [6, 6.07) is 8.33. The molecular weight excluding hydrogens is 283 g/mol. The van der Waals surface area contributed by atoms with Crippen molar-refractivity contribution in [2.45, 2.75) is 18.9 Å². The average Bonchev–Trinajstić information content (AvgIpc) is 3.15. The minimum absolute atomic E-state index is 0. The zero-order valence-electron chi connectivity index (χ0n) is 10.9. The van der Waals surface area contributed by atoms with Crippen LogP contribution in [0.5, 0.6) is 5.75 Å². The van der Waals surface area contributed by atoms with Gasteiger partial charge in [0.05, 0.1) is 0 Å². The molecule has 1 atom stereocenters. The zero-order valence-corrected chi connectivity index (χ0v) is 12.6. The number of nitrogens with zero attached hydrogens (tertiary/aromatic N) is 1. The SMILES string of the molecule is Cl.Cl.Oc1cccc([C@H](C2CC2)N2CCNCC2)c1. The van der Waals surface area contributed by atoms with E-state index in [4.69, 9.17) is 0 Å². The molecule has 2 fully saturated rings. The predicted molar refractivity (Wildman–Crippen MR) is 82.5 cm³/mol. The van der Waals surface area contributed by atoms with Gasteiger partial charge in [0.15, 0.2) is 0 Å². The second kappa shape index (κ2) is 7.34. The highest BCUT2D eigenvalue weighted by atomic mass is 35.5. The van der Waals surface area contributed by atoms with Crippen LogP contribution in [-0.4, -0.2) is 36.2 Å². The van der Waals surface area contributed by atoms with E-state index in [-0.39, 0.29) is 24.8 Å². The zero-order chi connectivity index (χ0) is 11.7. The van der Waals surface area contributed by atoms with Crippen LogP contribution in [0.1, 0.15) is 24.4 Å². The van der Waals surface area contributed by atoms with E-state index < -0.39 is 0 Å². The Kier molecular flexibility index (Phi) is 6.40. The minimum atomic E-state index is 0. The Morgan fingerprint density at radius 2 is 1.84 bits per heavy atom. The van der Waals surface area contributed by atoms with E-state index in [2.05, 4.69) is 16.3 Å². The lowest BCUT2D eigenvalue weighted by Gasteiger charge is -2.35. The first-order chi connectivity index (χ1) is 8.34. The van der Waals surface area contributed by atoms with Crippen molar-refractivity contribution in [3.63, 3.8) is 0 Å². The van der Waals surface area contributed by atoms with Crippen LogP contribution in [0.25, 0.3) is 0 Å². The van der Waals surface area contributed by atoms with Gasteiger partial charge in [-0.3, -0.25) is 4.90 Å². The molecule has 2 aliphatic rings. The Labute approximate surface area is 127 Å². The molecule has 1 heterocycles. The number of phenols is 1. The molecule has 108 valence electrons. The molecule has 1 saturated carbocycles. The summed E-state index contributed by atoms with van der Waals surface area (Å²) in [5.41, 5.74) is 1.29. The number of piperazine rings is 1. The van der Waals surface area contributed by atoms with Crippen LogP contribution < -0.4 is 5.32 Å². The standard InChI is InChI=1S/C14H20N2O.2ClH/c17-13-3-1-2-12(10-13)14(11-4-5-11)16-8-6-15-7-9-16;;/h1-3,10-11,14-15,17H,4-9H2;2*1H/t14-;;/m0../s1. The van der Waals surface area contributed by atoms with E-state index in [0.29, 0.717) is 11.8 Å². The molecule has 5 heteroatoms. The summed E-state index contributed by atoms with van der Waals surface area (Å²) in [4.78, 5) is 2.57. The third kappa shape index (κ3) is 3.99. The number of hydrogen-bond acceptors (Lipinski definition) is 3. The molecule has 0 aromatic heterocycles. The molecule has 0 bridgehead atoms. The molecule has 3 rings (SSSR count). The predicted octanol–water partition coefficient (Wildman–Crippen LogP) is 2.59. The first-order valence-electron chi connectivity index (χ1n) is 6.58. The van der Waals surface area contributed by atoms with E-state index in [1.807, 2.05) is 12.1 Å². The van der Waals surface area contributed by atoms with Crippen molar-refractivity contribution in [2.24, 2.45) is 5.92 Å². The second-order valence-electron chi connectivity index (χ2n) is 5.16. The smallest absolute Gasteiger partial charge is 0.115 e. The summed E-state index contributed by atoms with van der Waals surface area (Å²) >= 11 is 0. The van der Waals surface area contributed by atoms with Crippen molar-refractivity contribution >= 4 is 24.8 Å². The number of rotatable bonds is 3. The Morgan fingerprint density at radius 1 is 1.16 bits per heavy atom. The van der Waals surface area contributed by atoms with Crippen LogP contribution in [0, 0.1) is 5.92 Å². The van der Waals surface area contributed by atoms with Crippen LogP contribution in [0.2, 0.25) is 0 Å². The van der Waals surface area contributed by atoms with Gasteiger partial charge in [0, 0.05) is 32.2 Å². The lowest BCUT2D eigenvalue weighted by atomic mass is 9.99. The average molecular weight is 305 g/mol. The molecule has 0 unspecified atom stereocenters. The summed E-state index contributed by atoms with van der Waals surface area (Å²) in [5, 5.41) is 13.0. The molecule has 1 aromatic rings. The quantitative estimate of drug-likeness (QED) is 0.901. The number of benzene rings is 1. The maximum atomic E-state index is 9.63. The van der Waals surface area contributed by atoms with Gasteiger partial charge in [-0.25, -0.2) is 0 Å². The number of hydrogen-bond donors (Lipinski definition) is 2. The van der Waals surface area contributed by atoms with Gasteiger partial charge in [-0.2, -0.15) is 0 Å². The van der Waals surface area contributed by atoms with Crippen LogP contribution in [0.15, 0.2) is 24.3 Å². The fourth-order valence-corrected chi connectivity index (χ4v) is 2.86. The summed E-state index contributed by atoms with van der Waals surface area (Å²) in [7, 11) is 0. The largest absolute Gasteiger partial charge is 0.508 e. The van der Waals surface area contributed by atoms with Gasteiger partial charge in [0.25, 0.3) is 0 Å². The van der Waals surface area contributed by atoms with Crippen LogP contribution in [0.3, 0.4) is 0 Å². The van der Waals surface area contributed by atoms with Crippen molar-refractivity contribution in [3.8, 4) is 5.75 Å². The third-order valence-corrected chi connectivity index (χ3v) is 3.83. The van der Waals surface area contributed by atoms with Gasteiger partial charge < -0.3 is 10.4 Å². The minimum Gasteiger partial charge on any atom is -0.508 e. The molecule has 0 radical (unpaired) electrons. The van der Waals surface area contributed by atoms with Crippen molar-refractivity contribution in [1.29, 1.82) is 0 Å². The van der Waals surface area contributed by atoms with E-state index in [0.717, 1.165) is 32.1 Å². The van der Waals surface area contributed by atoms with Crippen molar-refractivity contribution in [3.05, 3.63) is 29.8 Å². The number of aromatic hydroxyl groups is 1. The summed E-state index contributed by atoms with van der Waals surface area (Å²) in [6.45, 7) is 4.41. The molecule has 0 spiro atoms. The van der Waals surface area contributed by atoms with Gasteiger partial charge >= 0.3 is 0 Å². The molecule has 19 heavy (non-hydrogen) atoms. The highest BCUT2D eigenvalue weighted by Gasteiger charge is 2.36. The lowest BCUT2D eigenvalue weighted by molar-refractivity contribution is 0.156. The van der Waals surface area contributed by atoms with E-state index in [9.17, 15) is 5.11 Å². The van der Waals surface area contributed by atoms with Gasteiger partial charge in [0.1, 0.15) is 5.75 Å². The van der Waals surface area contributed by atoms with Crippen LogP contribution in [0.4, 0.5) is 0 Å². The molecule has 1 aliphatic heterocycles. The van der Waals surface area contributed by atoms with E-state index in [1.54, 1.807) is 6.07 Å². The highest BCUT2D eigenvalue weighted by molar-refractivity contribution is 5.85. The van der Waals surface area contributed by atoms with Crippen LogP contribution >= 0.6 is 24.8 Å². The molecular formula is C14H22Cl2N2O. The third-order valence-electron chi connectivity index (χ3n) is 3.83. The Balaban J connectivity index is 0.000000902. The number of phenolic OH excluding ortho intramolecular Hbond substituents is 1. The highest BCUT2D eigenvalue weighted by Crippen LogP contribution is 2.45. The fourth-order valence-electron chi connectivity index (χ4n) is 2.86. The van der Waals surface area contributed by atoms with Gasteiger partial charge in [-0.05, 0) is 36.5 Å². The molecule has 1 aromatic carbocycles. The summed E-state index contributed by atoms with van der Waals surface area (Å²) < 4.78 is 0. The van der Waals surface area contributed by atoms with Crippen molar-refractivity contribution in [2.75, 3.05) is 26.2 Å². The van der Waals surface area contributed by atoms with Gasteiger partial charge in [0.2, 0.25) is 0 Å². The monoisotopic (exact) mass is 304 g/mol. The number of nitrogens with one attached hydrogen (secondary N) is 1. The molecule has 1 aliphatic carbocycles. The van der Waals surface area contributed by atoms with Crippen molar-refractivity contribution in [1.82, 2.24) is 10.2 Å². The second-order valence-corrected chi connectivity index (χ2v) is 5.16. The Hall–Kier alpha value is -0.480. The normalized spacial score (nSPS) is 21.1. The fraction of sp³-hybridized carbons (Fsp3) is 0.571. The van der Waals surface area contributed by atoms with Gasteiger partial charge in [-0.15, -0.1) is 24.8 Å². The Bertz CT molecular complexity index is 393. The maximum absolute atomic E-state index is 9.63. The first kappa shape index (κ1) is 16.6. The molecule has 2 N–H and O–H groups in total. The van der Waals surface area contributed by atoms with E-state index >= 15 is 0 Å². The topological polar surface area (TPSA) is 35.5 Å². The first-order valence-corrected chi connectivity index (χ1v) is 6.58. The molecule has 3 nitrogen and oxygen atoms in total. The van der Waals surface area contributed by atoms with Crippen LogP contribution in [-0.2, 0) is 0 Å². The van der Waals surface area contributed by atoms with Gasteiger partial charge in [-0.1, -0.05) is 12.1 Å². The van der Waals surface area contributed by atoms with E-state index in [1.165, 1.54) is 18.4 Å². The molecule has 0 amide bonds. The maximum Gasteiger partial charge on any atom is 0.115 e. The summed E-state index contributed by atoms with van der Waals surface area (Å²) in [6.07, 6.45) is 2.68. The van der Waals surface area contributed by atoms with Crippen molar-refractivity contribution < 1.29 is 5.11 Å². The summed E-state index contributed by atoms with van der Waals surface area (Å²) in [5.74, 6) is 1.19.